The highest BCUT2D eigenvalue weighted by Crippen LogP contribution is 2.44. The normalized spacial score (nSPS) is 31.2. The molecule has 2 aliphatic heterocycles. The first-order chi connectivity index (χ1) is 9.56. The Labute approximate surface area is 116 Å². The minimum atomic E-state index is -0.943. The maximum atomic E-state index is 12.4. The Morgan fingerprint density at radius 3 is 2.60 bits per heavy atom. The van der Waals surface area contributed by atoms with E-state index in [9.17, 15) is 14.7 Å². The van der Waals surface area contributed by atoms with Crippen molar-refractivity contribution in [3.05, 3.63) is 29.8 Å². The lowest BCUT2D eigenvalue weighted by Gasteiger charge is -2.23. The molecule has 2 saturated heterocycles. The van der Waals surface area contributed by atoms with Gasteiger partial charge in [0.25, 0.3) is 0 Å². The largest absolute Gasteiger partial charge is 0.481 e. The average Bonchev–Trinajstić information content (AvgIpc) is 2.98. The highest BCUT2D eigenvalue weighted by molar-refractivity contribution is 5.96. The van der Waals surface area contributed by atoms with Crippen molar-refractivity contribution in [1.29, 1.82) is 0 Å². The third-order valence-corrected chi connectivity index (χ3v) is 4.15. The molecule has 5 heteroatoms. The number of amides is 1. The van der Waals surface area contributed by atoms with Crippen LogP contribution < -0.4 is 5.32 Å². The van der Waals surface area contributed by atoms with Crippen LogP contribution >= 0.6 is 0 Å². The van der Waals surface area contributed by atoms with E-state index in [1.807, 2.05) is 25.1 Å². The SMILES string of the molecule is Cc1cccc(NC(=O)[C@H]2[C@H](C(=O)O)[C@H]3CC[C@H]2O3)c1. The molecule has 0 unspecified atom stereocenters. The van der Waals surface area contributed by atoms with E-state index in [-0.39, 0.29) is 18.1 Å². The smallest absolute Gasteiger partial charge is 0.310 e. The highest BCUT2D eigenvalue weighted by atomic mass is 16.5. The summed E-state index contributed by atoms with van der Waals surface area (Å²) in [7, 11) is 0. The first-order valence-electron chi connectivity index (χ1n) is 6.82. The summed E-state index contributed by atoms with van der Waals surface area (Å²) >= 11 is 0. The van der Waals surface area contributed by atoms with Gasteiger partial charge < -0.3 is 15.2 Å². The molecule has 2 fully saturated rings. The second-order valence-electron chi connectivity index (χ2n) is 5.54. The fraction of sp³-hybridized carbons (Fsp3) is 0.467. The maximum absolute atomic E-state index is 12.4. The minimum absolute atomic E-state index is 0.254. The molecule has 5 nitrogen and oxygen atoms in total. The van der Waals surface area contributed by atoms with Crippen LogP contribution in [0.4, 0.5) is 5.69 Å². The number of carboxylic acid groups (broad SMARTS) is 1. The summed E-state index contributed by atoms with van der Waals surface area (Å²) in [5.74, 6) is -2.51. The van der Waals surface area contributed by atoms with Crippen LogP contribution in [0.5, 0.6) is 0 Å². The van der Waals surface area contributed by atoms with Crippen molar-refractivity contribution in [2.24, 2.45) is 11.8 Å². The fourth-order valence-electron chi connectivity index (χ4n) is 3.27. The standard InChI is InChI=1S/C15H17NO4/c1-8-3-2-4-9(7-8)16-14(17)12-10-5-6-11(20-10)13(12)15(18)19/h2-4,7,10-13H,5-6H2,1H3,(H,16,17)(H,18,19)/t10-,11-,12-,13-/m1/s1. The number of carbonyl (C=O) groups is 2. The lowest BCUT2D eigenvalue weighted by atomic mass is 9.78. The van der Waals surface area contributed by atoms with Crippen LogP contribution in [0.3, 0.4) is 0 Å². The van der Waals surface area contributed by atoms with Gasteiger partial charge in [-0.05, 0) is 37.5 Å². The Morgan fingerprint density at radius 2 is 1.95 bits per heavy atom. The van der Waals surface area contributed by atoms with Crippen molar-refractivity contribution in [2.45, 2.75) is 32.0 Å². The zero-order valence-electron chi connectivity index (χ0n) is 11.2. The molecular weight excluding hydrogens is 258 g/mol. The number of aliphatic carboxylic acids is 1. The molecule has 2 bridgehead atoms. The summed E-state index contributed by atoms with van der Waals surface area (Å²) in [6, 6.07) is 7.46. The molecule has 1 amide bonds. The van der Waals surface area contributed by atoms with Gasteiger partial charge in [-0.2, -0.15) is 0 Å². The fourth-order valence-corrected chi connectivity index (χ4v) is 3.27. The number of hydrogen-bond donors (Lipinski definition) is 2. The lowest BCUT2D eigenvalue weighted by molar-refractivity contribution is -0.147. The molecule has 0 aromatic heterocycles. The molecule has 0 saturated carbocycles. The van der Waals surface area contributed by atoms with E-state index < -0.39 is 17.8 Å². The van der Waals surface area contributed by atoms with Crippen molar-refractivity contribution in [1.82, 2.24) is 0 Å². The van der Waals surface area contributed by atoms with Gasteiger partial charge in [0.05, 0.1) is 24.0 Å². The number of benzene rings is 1. The van der Waals surface area contributed by atoms with Gasteiger partial charge in [-0.25, -0.2) is 0 Å². The van der Waals surface area contributed by atoms with Crippen molar-refractivity contribution in [3.8, 4) is 0 Å². The average molecular weight is 275 g/mol. The van der Waals surface area contributed by atoms with Crippen LogP contribution in [0.1, 0.15) is 18.4 Å². The Kier molecular flexibility index (Phi) is 3.22. The second-order valence-corrected chi connectivity index (χ2v) is 5.54. The molecule has 4 atom stereocenters. The summed E-state index contributed by atoms with van der Waals surface area (Å²) < 4.78 is 5.60. The molecule has 106 valence electrons. The van der Waals surface area contributed by atoms with E-state index in [0.717, 1.165) is 18.4 Å². The first-order valence-corrected chi connectivity index (χ1v) is 6.82. The highest BCUT2D eigenvalue weighted by Gasteiger charge is 2.55. The van der Waals surface area contributed by atoms with Gasteiger partial charge in [0, 0.05) is 5.69 Å². The van der Waals surface area contributed by atoms with Gasteiger partial charge in [-0.3, -0.25) is 9.59 Å². The number of carbonyl (C=O) groups excluding carboxylic acids is 1. The number of ether oxygens (including phenoxy) is 1. The molecule has 1 aromatic rings. The van der Waals surface area contributed by atoms with Crippen LogP contribution in [0, 0.1) is 18.8 Å². The summed E-state index contributed by atoms with van der Waals surface area (Å²) in [6.45, 7) is 1.94. The van der Waals surface area contributed by atoms with Gasteiger partial charge >= 0.3 is 5.97 Å². The number of rotatable bonds is 3. The summed E-state index contributed by atoms with van der Waals surface area (Å²) in [5.41, 5.74) is 1.74. The van der Waals surface area contributed by atoms with E-state index in [0.29, 0.717) is 5.69 Å². The summed E-state index contributed by atoms with van der Waals surface area (Å²) in [6.07, 6.45) is 0.924. The van der Waals surface area contributed by atoms with Crippen LogP contribution in [0.15, 0.2) is 24.3 Å². The Morgan fingerprint density at radius 1 is 1.25 bits per heavy atom. The van der Waals surface area contributed by atoms with Gasteiger partial charge in [-0.15, -0.1) is 0 Å². The minimum Gasteiger partial charge on any atom is -0.481 e. The van der Waals surface area contributed by atoms with Crippen molar-refractivity contribution >= 4 is 17.6 Å². The summed E-state index contributed by atoms with van der Waals surface area (Å²) in [4.78, 5) is 23.7. The maximum Gasteiger partial charge on any atom is 0.310 e. The molecular formula is C15H17NO4. The van der Waals surface area contributed by atoms with E-state index >= 15 is 0 Å². The molecule has 0 aliphatic carbocycles. The van der Waals surface area contributed by atoms with Crippen LogP contribution in [0.25, 0.3) is 0 Å². The van der Waals surface area contributed by atoms with Crippen LogP contribution in [0.2, 0.25) is 0 Å². The van der Waals surface area contributed by atoms with E-state index in [1.165, 1.54) is 0 Å². The Bertz CT molecular complexity index is 557. The lowest BCUT2D eigenvalue weighted by Crippen LogP contribution is -2.40. The molecule has 20 heavy (non-hydrogen) atoms. The zero-order chi connectivity index (χ0) is 14.3. The van der Waals surface area contributed by atoms with Gasteiger partial charge in [0.2, 0.25) is 5.91 Å². The van der Waals surface area contributed by atoms with Crippen LogP contribution in [-0.4, -0.2) is 29.2 Å². The number of fused-ring (bicyclic) bond motifs is 2. The number of carboxylic acids is 1. The number of hydrogen-bond acceptors (Lipinski definition) is 3. The first kappa shape index (κ1) is 13.1. The zero-order valence-corrected chi connectivity index (χ0v) is 11.2. The van der Waals surface area contributed by atoms with E-state index in [1.54, 1.807) is 6.07 Å². The number of anilines is 1. The molecule has 3 rings (SSSR count). The predicted octanol–water partition coefficient (Wildman–Crippen LogP) is 1.81. The number of aryl methyl sites for hydroxylation is 1. The van der Waals surface area contributed by atoms with Crippen molar-refractivity contribution in [3.63, 3.8) is 0 Å². The molecule has 2 N–H and O–H groups in total. The third-order valence-electron chi connectivity index (χ3n) is 4.15. The van der Waals surface area contributed by atoms with E-state index in [4.69, 9.17) is 4.74 Å². The predicted molar refractivity (Wildman–Crippen MR) is 72.3 cm³/mol. The van der Waals surface area contributed by atoms with Crippen LogP contribution in [-0.2, 0) is 14.3 Å². The third kappa shape index (κ3) is 2.18. The molecule has 2 aliphatic rings. The topological polar surface area (TPSA) is 75.6 Å². The monoisotopic (exact) mass is 275 g/mol. The summed E-state index contributed by atoms with van der Waals surface area (Å²) in [5, 5.41) is 12.1. The molecule has 0 spiro atoms. The van der Waals surface area contributed by atoms with Crippen molar-refractivity contribution in [2.75, 3.05) is 5.32 Å². The van der Waals surface area contributed by atoms with Gasteiger partial charge in [0.15, 0.2) is 0 Å². The Hall–Kier alpha value is -1.88. The second kappa shape index (κ2) is 4.90. The van der Waals surface area contributed by atoms with Gasteiger partial charge in [-0.1, -0.05) is 12.1 Å². The molecule has 0 radical (unpaired) electrons. The van der Waals surface area contributed by atoms with Gasteiger partial charge in [0.1, 0.15) is 0 Å². The van der Waals surface area contributed by atoms with Crippen molar-refractivity contribution < 1.29 is 19.4 Å². The number of nitrogens with one attached hydrogen (secondary N) is 1. The molecule has 1 aromatic carbocycles. The molecule has 2 heterocycles. The van der Waals surface area contributed by atoms with E-state index in [2.05, 4.69) is 5.32 Å². The Balaban J connectivity index is 1.78. The quantitative estimate of drug-likeness (QED) is 0.882.